The van der Waals surface area contributed by atoms with Crippen LogP contribution in [0.3, 0.4) is 0 Å². The van der Waals surface area contributed by atoms with E-state index in [2.05, 4.69) is 42.4 Å². The molecule has 0 fully saturated rings. The van der Waals surface area contributed by atoms with Crippen LogP contribution in [-0.4, -0.2) is 26.4 Å². The first kappa shape index (κ1) is 21.8. The van der Waals surface area contributed by atoms with Gasteiger partial charge in [0.15, 0.2) is 5.16 Å². The van der Waals surface area contributed by atoms with E-state index in [0.29, 0.717) is 16.5 Å². The third-order valence-electron chi connectivity index (χ3n) is 5.61. The second kappa shape index (κ2) is 8.88. The van der Waals surface area contributed by atoms with E-state index >= 15 is 0 Å². The van der Waals surface area contributed by atoms with Gasteiger partial charge in [0.2, 0.25) is 5.91 Å². The molecule has 2 aromatic rings. The molecule has 2 heterocycles. The topological polar surface area (TPSA) is 83.6 Å². The van der Waals surface area contributed by atoms with Crippen molar-refractivity contribution in [3.63, 3.8) is 0 Å². The van der Waals surface area contributed by atoms with Gasteiger partial charge in [0.05, 0.1) is 11.3 Å². The van der Waals surface area contributed by atoms with Crippen LogP contribution in [0.15, 0.2) is 5.16 Å². The van der Waals surface area contributed by atoms with Crippen LogP contribution in [-0.2, 0) is 30.6 Å². The van der Waals surface area contributed by atoms with E-state index in [0.717, 1.165) is 48.8 Å². The Balaban J connectivity index is 1.69. The van der Waals surface area contributed by atoms with Crippen LogP contribution < -0.4 is 5.32 Å². The Morgan fingerprint density at radius 1 is 1.38 bits per heavy atom. The average molecular weight is 432 g/mol. The Morgan fingerprint density at radius 3 is 2.76 bits per heavy atom. The average Bonchev–Trinajstić information content (AvgIpc) is 3.24. The molecule has 0 aromatic carbocycles. The minimum atomic E-state index is -0.110. The summed E-state index contributed by atoms with van der Waals surface area (Å²) in [5.74, 6) is 1.68. The van der Waals surface area contributed by atoms with Gasteiger partial charge < -0.3 is 9.88 Å². The van der Waals surface area contributed by atoms with Gasteiger partial charge >= 0.3 is 0 Å². The monoisotopic (exact) mass is 431 g/mol. The molecule has 0 spiro atoms. The van der Waals surface area contributed by atoms with E-state index in [9.17, 15) is 10.1 Å². The van der Waals surface area contributed by atoms with Gasteiger partial charge in [0.1, 0.15) is 16.9 Å². The molecule has 0 radical (unpaired) electrons. The molecule has 3 rings (SSSR count). The second-order valence-corrected chi connectivity index (χ2v) is 10.5. The molecule has 6 nitrogen and oxygen atoms in total. The number of thiophene rings is 1. The largest absolute Gasteiger partial charge is 0.316 e. The number of nitriles is 1. The van der Waals surface area contributed by atoms with Gasteiger partial charge in [-0.05, 0) is 43.1 Å². The second-order valence-electron chi connectivity index (χ2n) is 8.46. The number of amides is 1. The number of carbonyl (C=O) groups excluding carboxylic acids is 1. The van der Waals surface area contributed by atoms with E-state index in [1.165, 1.54) is 16.6 Å². The minimum absolute atomic E-state index is 0.110. The number of fused-ring (bicyclic) bond motifs is 1. The summed E-state index contributed by atoms with van der Waals surface area (Å²) in [7, 11) is 0. The van der Waals surface area contributed by atoms with Crippen LogP contribution in [0.2, 0.25) is 0 Å². The summed E-state index contributed by atoms with van der Waals surface area (Å²) in [6, 6.07) is 2.33. The minimum Gasteiger partial charge on any atom is -0.316 e. The first-order chi connectivity index (χ1) is 13.8. The lowest BCUT2D eigenvalue weighted by Gasteiger charge is -2.33. The molecule has 1 aliphatic rings. The van der Waals surface area contributed by atoms with Crippen LogP contribution in [0.5, 0.6) is 0 Å². The van der Waals surface area contributed by atoms with E-state index in [-0.39, 0.29) is 17.1 Å². The highest BCUT2D eigenvalue weighted by atomic mass is 32.2. The Kier molecular flexibility index (Phi) is 6.69. The summed E-state index contributed by atoms with van der Waals surface area (Å²) >= 11 is 2.96. The molecule has 0 bridgehead atoms. The number of hydrogen-bond acceptors (Lipinski definition) is 6. The molecular weight excluding hydrogens is 402 g/mol. The van der Waals surface area contributed by atoms with Crippen molar-refractivity contribution in [1.29, 1.82) is 5.26 Å². The van der Waals surface area contributed by atoms with Gasteiger partial charge in [-0.2, -0.15) is 5.26 Å². The molecule has 1 aliphatic carbocycles. The van der Waals surface area contributed by atoms with Crippen LogP contribution in [0.4, 0.5) is 5.00 Å². The Bertz CT molecular complexity index is 932. The molecule has 0 aliphatic heterocycles. The fourth-order valence-electron chi connectivity index (χ4n) is 3.83. The number of nitrogens with zero attached hydrogens (tertiary/aromatic N) is 4. The molecule has 8 heteroatoms. The molecule has 0 saturated carbocycles. The van der Waals surface area contributed by atoms with Gasteiger partial charge in [-0.25, -0.2) is 0 Å². The fraction of sp³-hybridized carbons (Fsp3) is 0.619. The van der Waals surface area contributed by atoms with Crippen molar-refractivity contribution in [1.82, 2.24) is 14.8 Å². The van der Waals surface area contributed by atoms with Crippen LogP contribution in [0.1, 0.15) is 62.9 Å². The Morgan fingerprint density at radius 2 is 2.14 bits per heavy atom. The van der Waals surface area contributed by atoms with Crippen molar-refractivity contribution in [2.75, 3.05) is 11.1 Å². The van der Waals surface area contributed by atoms with Gasteiger partial charge in [-0.15, -0.1) is 21.5 Å². The van der Waals surface area contributed by atoms with E-state index < -0.39 is 0 Å². The zero-order valence-electron chi connectivity index (χ0n) is 17.8. The smallest absolute Gasteiger partial charge is 0.235 e. The summed E-state index contributed by atoms with van der Waals surface area (Å²) in [4.78, 5) is 13.8. The molecule has 156 valence electrons. The molecule has 1 atom stereocenters. The Labute approximate surface area is 181 Å². The Hall–Kier alpha value is -1.85. The number of aromatic nitrogens is 3. The number of rotatable bonds is 6. The SMILES string of the molecule is CCc1nnc(SCC(=O)Nc2sc3c(c2C#N)CC[C@@H](C(C)(C)C)C3)n1CC. The maximum absolute atomic E-state index is 12.6. The number of carbonyl (C=O) groups is 1. The van der Waals surface area contributed by atoms with Gasteiger partial charge in [-0.1, -0.05) is 39.5 Å². The van der Waals surface area contributed by atoms with Crippen LogP contribution in [0, 0.1) is 22.7 Å². The molecule has 0 unspecified atom stereocenters. The van der Waals surface area contributed by atoms with Crippen molar-refractivity contribution < 1.29 is 4.79 Å². The lowest BCUT2D eigenvalue weighted by Crippen LogP contribution is -2.26. The summed E-state index contributed by atoms with van der Waals surface area (Å²) < 4.78 is 2.04. The number of nitrogens with one attached hydrogen (secondary N) is 1. The predicted octanol–water partition coefficient (Wildman–Crippen LogP) is 4.68. The van der Waals surface area contributed by atoms with Crippen molar-refractivity contribution >= 4 is 34.0 Å². The number of thioether (sulfide) groups is 1. The van der Waals surface area contributed by atoms with Gasteiger partial charge in [0, 0.05) is 17.8 Å². The first-order valence-electron chi connectivity index (χ1n) is 10.2. The predicted molar refractivity (Wildman–Crippen MR) is 118 cm³/mol. The van der Waals surface area contributed by atoms with Crippen molar-refractivity contribution in [3.8, 4) is 6.07 Å². The van der Waals surface area contributed by atoms with Gasteiger partial charge in [0.25, 0.3) is 0 Å². The molecule has 29 heavy (non-hydrogen) atoms. The van der Waals surface area contributed by atoms with E-state index in [4.69, 9.17) is 0 Å². The lowest BCUT2D eigenvalue weighted by atomic mass is 9.72. The fourth-order valence-corrected chi connectivity index (χ4v) is 5.94. The zero-order valence-corrected chi connectivity index (χ0v) is 19.5. The van der Waals surface area contributed by atoms with E-state index in [1.807, 2.05) is 18.4 Å². The van der Waals surface area contributed by atoms with Crippen molar-refractivity contribution in [2.45, 2.75) is 72.0 Å². The molecular formula is C21H29N5OS2. The quantitative estimate of drug-likeness (QED) is 0.672. The number of anilines is 1. The van der Waals surface area contributed by atoms with Crippen LogP contribution in [0.25, 0.3) is 0 Å². The number of hydrogen-bond donors (Lipinski definition) is 1. The lowest BCUT2D eigenvalue weighted by molar-refractivity contribution is -0.113. The summed E-state index contributed by atoms with van der Waals surface area (Å²) in [6.07, 6.45) is 3.82. The normalized spacial score (nSPS) is 16.3. The standard InChI is InChI=1S/C21H29N5OS2/c1-6-17-24-25-20(26(17)7-2)28-12-18(27)23-19-15(11-22)14-9-8-13(21(3,4)5)10-16(14)29-19/h13H,6-10,12H2,1-5H3,(H,23,27)/t13-/m1/s1. The third-order valence-corrected chi connectivity index (χ3v) is 7.75. The maximum Gasteiger partial charge on any atom is 0.235 e. The zero-order chi connectivity index (χ0) is 21.2. The van der Waals surface area contributed by atoms with Crippen LogP contribution >= 0.6 is 23.1 Å². The molecule has 0 saturated heterocycles. The highest BCUT2D eigenvalue weighted by molar-refractivity contribution is 7.99. The maximum atomic E-state index is 12.6. The third kappa shape index (κ3) is 4.67. The summed E-state index contributed by atoms with van der Waals surface area (Å²) in [6.45, 7) is 11.7. The summed E-state index contributed by atoms with van der Waals surface area (Å²) in [5, 5.41) is 22.5. The van der Waals surface area contributed by atoms with Crippen molar-refractivity contribution in [3.05, 3.63) is 21.8 Å². The first-order valence-corrected chi connectivity index (χ1v) is 12.0. The van der Waals surface area contributed by atoms with E-state index in [1.54, 1.807) is 11.3 Å². The molecule has 1 amide bonds. The summed E-state index contributed by atoms with van der Waals surface area (Å²) in [5.41, 5.74) is 2.04. The number of aryl methyl sites for hydroxylation is 1. The highest BCUT2D eigenvalue weighted by Crippen LogP contribution is 2.44. The van der Waals surface area contributed by atoms with Gasteiger partial charge in [-0.3, -0.25) is 4.79 Å². The van der Waals surface area contributed by atoms with Crippen molar-refractivity contribution in [2.24, 2.45) is 11.3 Å². The highest BCUT2D eigenvalue weighted by Gasteiger charge is 2.32. The molecule has 2 aromatic heterocycles. The molecule has 1 N–H and O–H groups in total.